The highest BCUT2D eigenvalue weighted by Crippen LogP contribution is 2.15. The van der Waals surface area contributed by atoms with Gasteiger partial charge in [0.05, 0.1) is 0 Å². The van der Waals surface area contributed by atoms with Crippen molar-refractivity contribution in [3.8, 4) is 11.5 Å². The molecule has 0 bridgehead atoms. The van der Waals surface area contributed by atoms with E-state index in [0.29, 0.717) is 11.5 Å². The van der Waals surface area contributed by atoms with Gasteiger partial charge in [-0.15, -0.1) is 0 Å². The summed E-state index contributed by atoms with van der Waals surface area (Å²) in [7, 11) is 0. The van der Waals surface area contributed by atoms with Crippen LogP contribution in [0.3, 0.4) is 0 Å². The molecule has 3 heteroatoms. The average molecular weight is 242 g/mol. The number of carbonyl (C=O) groups excluding carboxylic acids is 1. The Morgan fingerprint density at radius 1 is 0.833 bits per heavy atom. The van der Waals surface area contributed by atoms with Gasteiger partial charge in [0, 0.05) is 0 Å². The van der Waals surface area contributed by atoms with Crippen molar-refractivity contribution in [1.29, 1.82) is 0 Å². The third-order valence-electron chi connectivity index (χ3n) is 2.41. The standard InChI is InChI=1S/C15H14O3/c1-11-6-8-13(9-7-11)17-15(16)18-14-5-3-4-12(2)10-14/h3-10H,1-2H3. The van der Waals surface area contributed by atoms with Crippen molar-refractivity contribution in [1.82, 2.24) is 0 Å². The first-order valence-corrected chi connectivity index (χ1v) is 5.66. The van der Waals surface area contributed by atoms with E-state index in [1.807, 2.05) is 38.1 Å². The van der Waals surface area contributed by atoms with Gasteiger partial charge in [0.15, 0.2) is 0 Å². The Bertz CT molecular complexity index is 544. The van der Waals surface area contributed by atoms with E-state index in [2.05, 4.69) is 0 Å². The second kappa shape index (κ2) is 5.36. The second-order valence-electron chi connectivity index (χ2n) is 4.08. The summed E-state index contributed by atoms with van der Waals surface area (Å²) in [6.07, 6.45) is -0.732. The van der Waals surface area contributed by atoms with E-state index in [1.54, 1.807) is 24.3 Å². The minimum atomic E-state index is -0.732. The number of ether oxygens (including phenoxy) is 2. The molecule has 2 aromatic rings. The Balaban J connectivity index is 1.98. The van der Waals surface area contributed by atoms with Crippen LogP contribution in [0.5, 0.6) is 11.5 Å². The first kappa shape index (κ1) is 12.2. The van der Waals surface area contributed by atoms with Gasteiger partial charge in [-0.05, 0) is 43.7 Å². The summed E-state index contributed by atoms with van der Waals surface area (Å²) in [6.45, 7) is 3.90. The molecule has 0 N–H and O–H groups in total. The lowest BCUT2D eigenvalue weighted by atomic mass is 10.2. The van der Waals surface area contributed by atoms with Crippen LogP contribution in [0.25, 0.3) is 0 Å². The highest BCUT2D eigenvalue weighted by Gasteiger charge is 2.07. The summed E-state index contributed by atoms with van der Waals surface area (Å²) < 4.78 is 10.1. The molecule has 0 radical (unpaired) electrons. The first-order chi connectivity index (χ1) is 8.63. The number of carbonyl (C=O) groups is 1. The number of rotatable bonds is 2. The molecule has 0 unspecified atom stereocenters. The Kier molecular flexibility index (Phi) is 3.63. The molecule has 0 aliphatic carbocycles. The predicted octanol–water partition coefficient (Wildman–Crippen LogP) is 3.88. The van der Waals surface area contributed by atoms with Gasteiger partial charge >= 0.3 is 6.16 Å². The zero-order valence-electron chi connectivity index (χ0n) is 10.3. The van der Waals surface area contributed by atoms with Crippen LogP contribution in [0.4, 0.5) is 4.79 Å². The molecule has 0 amide bonds. The smallest absolute Gasteiger partial charge is 0.395 e. The SMILES string of the molecule is Cc1ccc(OC(=O)Oc2cccc(C)c2)cc1. The predicted molar refractivity (Wildman–Crippen MR) is 69.0 cm³/mol. The number of aryl methyl sites for hydroxylation is 2. The van der Waals surface area contributed by atoms with Crippen LogP contribution >= 0.6 is 0 Å². The Labute approximate surface area is 106 Å². The molecule has 2 aromatic carbocycles. The molecule has 0 heterocycles. The Morgan fingerprint density at radius 3 is 2.17 bits per heavy atom. The normalized spacial score (nSPS) is 9.89. The lowest BCUT2D eigenvalue weighted by Crippen LogP contribution is -2.13. The largest absolute Gasteiger partial charge is 0.519 e. The maximum Gasteiger partial charge on any atom is 0.519 e. The molecule has 3 nitrogen and oxygen atoms in total. The molecule has 2 rings (SSSR count). The molecule has 0 atom stereocenters. The highest BCUT2D eigenvalue weighted by molar-refractivity contribution is 5.67. The Morgan fingerprint density at radius 2 is 1.50 bits per heavy atom. The van der Waals surface area contributed by atoms with Gasteiger partial charge in [0.25, 0.3) is 0 Å². The van der Waals surface area contributed by atoms with Crippen molar-refractivity contribution >= 4 is 6.16 Å². The van der Waals surface area contributed by atoms with Crippen LogP contribution in [0.2, 0.25) is 0 Å². The lowest BCUT2D eigenvalue weighted by molar-refractivity contribution is 0.152. The summed E-state index contributed by atoms with van der Waals surface area (Å²) in [5.41, 5.74) is 2.13. The van der Waals surface area contributed by atoms with Crippen LogP contribution in [-0.2, 0) is 0 Å². The van der Waals surface area contributed by atoms with Gasteiger partial charge < -0.3 is 9.47 Å². The molecular weight excluding hydrogens is 228 g/mol. The summed E-state index contributed by atoms with van der Waals surface area (Å²) >= 11 is 0. The van der Waals surface area contributed by atoms with E-state index in [0.717, 1.165) is 11.1 Å². The molecule has 18 heavy (non-hydrogen) atoms. The minimum absolute atomic E-state index is 0.471. The fourth-order valence-corrected chi connectivity index (χ4v) is 1.50. The van der Waals surface area contributed by atoms with Crippen LogP contribution in [0, 0.1) is 13.8 Å². The maximum atomic E-state index is 11.5. The lowest BCUT2D eigenvalue weighted by Gasteiger charge is -2.06. The zero-order chi connectivity index (χ0) is 13.0. The molecule has 0 fully saturated rings. The van der Waals surface area contributed by atoms with E-state index in [1.165, 1.54) is 0 Å². The van der Waals surface area contributed by atoms with Crippen LogP contribution < -0.4 is 9.47 Å². The topological polar surface area (TPSA) is 35.5 Å². The van der Waals surface area contributed by atoms with E-state index in [-0.39, 0.29) is 0 Å². The molecule has 92 valence electrons. The van der Waals surface area contributed by atoms with Gasteiger partial charge in [-0.2, -0.15) is 0 Å². The quantitative estimate of drug-likeness (QED) is 0.592. The molecule has 0 spiro atoms. The van der Waals surface area contributed by atoms with E-state index in [9.17, 15) is 4.79 Å². The Hall–Kier alpha value is -2.29. The number of hydrogen-bond acceptors (Lipinski definition) is 3. The summed E-state index contributed by atoms with van der Waals surface area (Å²) in [5, 5.41) is 0. The third-order valence-corrected chi connectivity index (χ3v) is 2.41. The van der Waals surface area contributed by atoms with Crippen LogP contribution in [0.1, 0.15) is 11.1 Å². The summed E-state index contributed by atoms with van der Waals surface area (Å²) in [5.74, 6) is 0.949. The second-order valence-corrected chi connectivity index (χ2v) is 4.08. The average Bonchev–Trinajstić information content (AvgIpc) is 2.32. The van der Waals surface area contributed by atoms with Crippen molar-refractivity contribution in [3.05, 3.63) is 59.7 Å². The number of benzene rings is 2. The van der Waals surface area contributed by atoms with Gasteiger partial charge in [-0.25, -0.2) is 4.79 Å². The fraction of sp³-hybridized carbons (Fsp3) is 0.133. The summed E-state index contributed by atoms with van der Waals surface area (Å²) in [4.78, 5) is 11.5. The maximum absolute atomic E-state index is 11.5. The van der Waals surface area contributed by atoms with E-state index < -0.39 is 6.16 Å². The van der Waals surface area contributed by atoms with Crippen LogP contribution in [0.15, 0.2) is 48.5 Å². The van der Waals surface area contributed by atoms with Crippen molar-refractivity contribution in [2.45, 2.75) is 13.8 Å². The van der Waals surface area contributed by atoms with E-state index in [4.69, 9.17) is 9.47 Å². The van der Waals surface area contributed by atoms with Crippen LogP contribution in [-0.4, -0.2) is 6.16 Å². The summed E-state index contributed by atoms with van der Waals surface area (Å²) in [6, 6.07) is 14.4. The molecule has 0 aliphatic rings. The van der Waals surface area contributed by atoms with Crippen molar-refractivity contribution < 1.29 is 14.3 Å². The van der Waals surface area contributed by atoms with Gasteiger partial charge in [-0.3, -0.25) is 0 Å². The number of hydrogen-bond donors (Lipinski definition) is 0. The molecule has 0 saturated carbocycles. The molecular formula is C15H14O3. The molecule has 0 saturated heterocycles. The van der Waals surface area contributed by atoms with Crippen molar-refractivity contribution in [2.75, 3.05) is 0 Å². The third kappa shape index (κ3) is 3.35. The molecule has 0 aromatic heterocycles. The van der Waals surface area contributed by atoms with E-state index >= 15 is 0 Å². The van der Waals surface area contributed by atoms with Gasteiger partial charge in [0.2, 0.25) is 0 Å². The zero-order valence-corrected chi connectivity index (χ0v) is 10.3. The van der Waals surface area contributed by atoms with Crippen molar-refractivity contribution in [2.24, 2.45) is 0 Å². The monoisotopic (exact) mass is 242 g/mol. The molecule has 0 aliphatic heterocycles. The van der Waals surface area contributed by atoms with Gasteiger partial charge in [-0.1, -0.05) is 29.8 Å². The fourth-order valence-electron chi connectivity index (χ4n) is 1.50. The first-order valence-electron chi connectivity index (χ1n) is 5.66. The van der Waals surface area contributed by atoms with Gasteiger partial charge in [0.1, 0.15) is 11.5 Å². The minimum Gasteiger partial charge on any atom is -0.395 e. The van der Waals surface area contributed by atoms with Crippen molar-refractivity contribution in [3.63, 3.8) is 0 Å². The highest BCUT2D eigenvalue weighted by atomic mass is 16.7.